The number of carbonyl (C=O) groups is 1. The molecule has 0 unspecified atom stereocenters. The van der Waals surface area contributed by atoms with Crippen molar-refractivity contribution >= 4 is 6.29 Å². The maximum atomic E-state index is 10.7. The van der Waals surface area contributed by atoms with Crippen LogP contribution in [0.2, 0.25) is 0 Å². The maximum absolute atomic E-state index is 10.7. The first kappa shape index (κ1) is 14.5. The second-order valence-electron chi connectivity index (χ2n) is 3.51. The van der Waals surface area contributed by atoms with E-state index in [9.17, 15) is 4.79 Å². The first-order valence-corrected chi connectivity index (χ1v) is 5.64. The van der Waals surface area contributed by atoms with Gasteiger partial charge in [-0.15, -0.1) is 0 Å². The quantitative estimate of drug-likeness (QED) is 0.494. The Bertz CT molecular complexity index is 364. The Morgan fingerprint density at radius 2 is 1.56 bits per heavy atom. The fraction of sp³-hybridized carbons (Fsp3) is 0.462. The number of ether oxygens (including phenoxy) is 4. The summed E-state index contributed by atoms with van der Waals surface area (Å²) in [6.45, 7) is 1.80. The summed E-state index contributed by atoms with van der Waals surface area (Å²) in [5, 5.41) is 0. The first-order chi connectivity index (χ1) is 8.81. The van der Waals surface area contributed by atoms with E-state index < -0.39 is 0 Å². The zero-order chi connectivity index (χ0) is 13.2. The second kappa shape index (κ2) is 8.49. The van der Waals surface area contributed by atoms with Gasteiger partial charge < -0.3 is 18.9 Å². The highest BCUT2D eigenvalue weighted by Gasteiger charge is 2.06. The van der Waals surface area contributed by atoms with Crippen LogP contribution in [0.4, 0.5) is 0 Å². The van der Waals surface area contributed by atoms with Gasteiger partial charge in [-0.25, -0.2) is 0 Å². The molecule has 0 aliphatic heterocycles. The Morgan fingerprint density at radius 3 is 2.11 bits per heavy atom. The zero-order valence-corrected chi connectivity index (χ0v) is 10.7. The minimum atomic E-state index is 0.402. The third kappa shape index (κ3) is 4.73. The highest BCUT2D eigenvalue weighted by atomic mass is 16.5. The molecule has 18 heavy (non-hydrogen) atoms. The molecular formula is C13H18O5. The molecule has 100 valence electrons. The van der Waals surface area contributed by atoms with Crippen molar-refractivity contribution < 1.29 is 23.7 Å². The SMILES string of the molecule is COCCOc1ccc(C=O)cc1OCCOC. The Kier molecular flexibility index (Phi) is 6.83. The van der Waals surface area contributed by atoms with Gasteiger partial charge in [-0.05, 0) is 18.2 Å². The number of aldehydes is 1. The van der Waals surface area contributed by atoms with E-state index in [2.05, 4.69) is 0 Å². The lowest BCUT2D eigenvalue weighted by atomic mass is 10.2. The summed E-state index contributed by atoms with van der Waals surface area (Å²) in [5.41, 5.74) is 0.543. The van der Waals surface area contributed by atoms with Crippen LogP contribution in [-0.2, 0) is 9.47 Å². The van der Waals surface area contributed by atoms with Crippen LogP contribution in [0.15, 0.2) is 18.2 Å². The normalized spacial score (nSPS) is 10.1. The molecule has 1 rings (SSSR count). The smallest absolute Gasteiger partial charge is 0.162 e. The molecule has 0 aliphatic rings. The third-order valence-electron chi connectivity index (χ3n) is 2.19. The number of rotatable bonds is 9. The lowest BCUT2D eigenvalue weighted by Crippen LogP contribution is -2.08. The number of methoxy groups -OCH3 is 2. The van der Waals surface area contributed by atoms with Crippen molar-refractivity contribution in [2.45, 2.75) is 0 Å². The molecule has 0 saturated carbocycles. The predicted molar refractivity (Wildman–Crippen MR) is 66.6 cm³/mol. The Hall–Kier alpha value is -1.59. The molecule has 0 spiro atoms. The molecule has 0 heterocycles. The van der Waals surface area contributed by atoms with Crippen molar-refractivity contribution in [3.05, 3.63) is 23.8 Å². The summed E-state index contributed by atoms with van der Waals surface area (Å²) in [4.78, 5) is 10.7. The topological polar surface area (TPSA) is 54.0 Å². The molecule has 0 aliphatic carbocycles. The number of benzene rings is 1. The van der Waals surface area contributed by atoms with E-state index in [-0.39, 0.29) is 0 Å². The van der Waals surface area contributed by atoms with E-state index in [1.807, 2.05) is 0 Å². The van der Waals surface area contributed by atoms with E-state index in [1.54, 1.807) is 32.4 Å². The van der Waals surface area contributed by atoms with Crippen molar-refractivity contribution in [2.75, 3.05) is 40.6 Å². The molecule has 0 saturated heterocycles. The summed E-state index contributed by atoms with van der Waals surface area (Å²) in [5.74, 6) is 1.13. The lowest BCUT2D eigenvalue weighted by Gasteiger charge is -2.12. The molecule has 0 fully saturated rings. The van der Waals surface area contributed by atoms with Gasteiger partial charge >= 0.3 is 0 Å². The third-order valence-corrected chi connectivity index (χ3v) is 2.19. The molecule has 1 aromatic rings. The average molecular weight is 254 g/mol. The van der Waals surface area contributed by atoms with Gasteiger partial charge in [-0.2, -0.15) is 0 Å². The molecule has 0 atom stereocenters. The minimum absolute atomic E-state index is 0.402. The van der Waals surface area contributed by atoms with Gasteiger partial charge in [0.15, 0.2) is 11.5 Å². The van der Waals surface area contributed by atoms with Gasteiger partial charge in [0.2, 0.25) is 0 Å². The van der Waals surface area contributed by atoms with Gasteiger partial charge in [-0.3, -0.25) is 4.79 Å². The van der Waals surface area contributed by atoms with Crippen molar-refractivity contribution in [3.8, 4) is 11.5 Å². The van der Waals surface area contributed by atoms with Crippen LogP contribution in [0, 0.1) is 0 Å². The highest BCUT2D eigenvalue weighted by molar-refractivity contribution is 5.76. The van der Waals surface area contributed by atoms with Crippen molar-refractivity contribution in [1.29, 1.82) is 0 Å². The van der Waals surface area contributed by atoms with E-state index >= 15 is 0 Å². The van der Waals surface area contributed by atoms with E-state index in [1.165, 1.54) is 0 Å². The highest BCUT2D eigenvalue weighted by Crippen LogP contribution is 2.27. The molecular weight excluding hydrogens is 236 g/mol. The molecule has 0 N–H and O–H groups in total. The molecule has 0 amide bonds. The van der Waals surface area contributed by atoms with E-state index in [0.717, 1.165) is 6.29 Å². The van der Waals surface area contributed by atoms with Crippen LogP contribution >= 0.6 is 0 Å². The van der Waals surface area contributed by atoms with Gasteiger partial charge in [0.1, 0.15) is 19.5 Å². The van der Waals surface area contributed by atoms with Crippen LogP contribution in [0.25, 0.3) is 0 Å². The monoisotopic (exact) mass is 254 g/mol. The summed E-state index contributed by atoms with van der Waals surface area (Å²) < 4.78 is 20.8. The standard InChI is InChI=1S/C13H18O5/c1-15-5-7-17-12-4-3-11(10-14)9-13(12)18-8-6-16-2/h3-4,9-10H,5-8H2,1-2H3. The number of hydrogen-bond donors (Lipinski definition) is 0. The van der Waals surface area contributed by atoms with Gasteiger partial charge in [0.25, 0.3) is 0 Å². The summed E-state index contributed by atoms with van der Waals surface area (Å²) >= 11 is 0. The lowest BCUT2D eigenvalue weighted by molar-refractivity contribution is 0.112. The Balaban J connectivity index is 2.69. The van der Waals surface area contributed by atoms with Gasteiger partial charge in [0, 0.05) is 19.8 Å². The predicted octanol–water partition coefficient (Wildman–Crippen LogP) is 1.55. The second-order valence-corrected chi connectivity index (χ2v) is 3.51. The van der Waals surface area contributed by atoms with Crippen LogP contribution in [0.3, 0.4) is 0 Å². The summed E-state index contributed by atoms with van der Waals surface area (Å²) in [7, 11) is 3.20. The van der Waals surface area contributed by atoms with Crippen LogP contribution in [0.1, 0.15) is 10.4 Å². The van der Waals surface area contributed by atoms with Gasteiger partial charge in [-0.1, -0.05) is 0 Å². The van der Waals surface area contributed by atoms with Crippen LogP contribution in [-0.4, -0.2) is 46.9 Å². The molecule has 0 aromatic heterocycles. The van der Waals surface area contributed by atoms with Crippen molar-refractivity contribution in [1.82, 2.24) is 0 Å². The minimum Gasteiger partial charge on any atom is -0.487 e. The fourth-order valence-corrected chi connectivity index (χ4v) is 1.30. The average Bonchev–Trinajstić information content (AvgIpc) is 2.40. The fourth-order valence-electron chi connectivity index (χ4n) is 1.30. The van der Waals surface area contributed by atoms with Gasteiger partial charge in [0.05, 0.1) is 13.2 Å². The van der Waals surface area contributed by atoms with E-state index in [4.69, 9.17) is 18.9 Å². The van der Waals surface area contributed by atoms with Crippen LogP contribution in [0.5, 0.6) is 11.5 Å². The first-order valence-electron chi connectivity index (χ1n) is 5.64. The number of hydrogen-bond acceptors (Lipinski definition) is 5. The van der Waals surface area contributed by atoms with Crippen LogP contribution < -0.4 is 9.47 Å². The number of carbonyl (C=O) groups excluding carboxylic acids is 1. The van der Waals surface area contributed by atoms with E-state index in [0.29, 0.717) is 43.5 Å². The summed E-state index contributed by atoms with van der Waals surface area (Å²) in [6.07, 6.45) is 0.766. The molecule has 0 bridgehead atoms. The molecule has 0 radical (unpaired) electrons. The molecule has 5 nitrogen and oxygen atoms in total. The summed E-state index contributed by atoms with van der Waals surface area (Å²) in [6, 6.07) is 5.03. The maximum Gasteiger partial charge on any atom is 0.162 e. The van der Waals surface area contributed by atoms with Crippen molar-refractivity contribution in [2.24, 2.45) is 0 Å². The Morgan fingerprint density at radius 1 is 0.944 bits per heavy atom. The largest absolute Gasteiger partial charge is 0.487 e. The van der Waals surface area contributed by atoms with Crippen molar-refractivity contribution in [3.63, 3.8) is 0 Å². The molecule has 5 heteroatoms. The Labute approximate surface area is 107 Å². The zero-order valence-electron chi connectivity index (χ0n) is 10.7. The molecule has 1 aromatic carbocycles.